The number of rotatable bonds is 5. The van der Waals surface area contributed by atoms with Crippen molar-refractivity contribution >= 4 is 34.3 Å². The van der Waals surface area contributed by atoms with Crippen molar-refractivity contribution in [3.8, 4) is 0 Å². The molecule has 3 aromatic rings. The molecule has 0 saturated carbocycles. The van der Waals surface area contributed by atoms with Gasteiger partial charge in [0.15, 0.2) is 0 Å². The highest BCUT2D eigenvalue weighted by Crippen LogP contribution is 2.31. The third-order valence-corrected chi connectivity index (χ3v) is 5.95. The molecule has 0 aromatic carbocycles. The molecule has 8 nitrogen and oxygen atoms in total. The number of pyridine rings is 2. The maximum atomic E-state index is 12.3. The molecule has 1 saturated heterocycles. The van der Waals surface area contributed by atoms with Gasteiger partial charge in [0, 0.05) is 44.1 Å². The Hall–Kier alpha value is -3.29. The normalized spacial score (nSPS) is 15.8. The van der Waals surface area contributed by atoms with Crippen LogP contribution in [0, 0.1) is 5.41 Å². The molecular formula is C24H31N7O. The summed E-state index contributed by atoms with van der Waals surface area (Å²) >= 11 is 0. The highest BCUT2D eigenvalue weighted by molar-refractivity contribution is 6.06. The van der Waals surface area contributed by atoms with E-state index in [0.29, 0.717) is 17.3 Å². The van der Waals surface area contributed by atoms with Crippen LogP contribution >= 0.6 is 0 Å². The number of nitrogens with zero attached hydrogens (tertiary/aromatic N) is 5. The molecular weight excluding hydrogens is 402 g/mol. The lowest BCUT2D eigenvalue weighted by Crippen LogP contribution is -2.41. The SMILES string of the molecule is CNC(=O)c1ncc(C(C)C)c2cc(Nc3ccnc(N4CCCC(C)(C)C4)n3)ncc12. The van der Waals surface area contributed by atoms with Crippen LogP contribution in [0.4, 0.5) is 17.6 Å². The molecule has 0 radical (unpaired) electrons. The van der Waals surface area contributed by atoms with Crippen molar-refractivity contribution in [2.75, 3.05) is 30.4 Å². The molecule has 0 bridgehead atoms. The van der Waals surface area contributed by atoms with Crippen LogP contribution < -0.4 is 15.5 Å². The Morgan fingerprint density at radius 1 is 1.12 bits per heavy atom. The van der Waals surface area contributed by atoms with Gasteiger partial charge in [0.25, 0.3) is 5.91 Å². The zero-order valence-corrected chi connectivity index (χ0v) is 19.4. The molecule has 168 valence electrons. The minimum atomic E-state index is -0.224. The van der Waals surface area contributed by atoms with Crippen LogP contribution in [-0.2, 0) is 0 Å². The fourth-order valence-corrected chi connectivity index (χ4v) is 4.28. The second-order valence-corrected chi connectivity index (χ2v) is 9.47. The number of hydrogen-bond acceptors (Lipinski definition) is 7. The van der Waals surface area contributed by atoms with E-state index >= 15 is 0 Å². The fourth-order valence-electron chi connectivity index (χ4n) is 4.28. The van der Waals surface area contributed by atoms with Crippen molar-refractivity contribution in [2.45, 2.75) is 46.5 Å². The molecule has 4 heterocycles. The van der Waals surface area contributed by atoms with Gasteiger partial charge in [-0.25, -0.2) is 9.97 Å². The van der Waals surface area contributed by atoms with Crippen LogP contribution in [0.5, 0.6) is 0 Å². The van der Waals surface area contributed by atoms with Crippen LogP contribution in [0.15, 0.2) is 30.7 Å². The van der Waals surface area contributed by atoms with Gasteiger partial charge < -0.3 is 15.5 Å². The Morgan fingerprint density at radius 3 is 2.66 bits per heavy atom. The van der Waals surface area contributed by atoms with Crippen molar-refractivity contribution in [1.82, 2.24) is 25.3 Å². The fraction of sp³-hybridized carbons (Fsp3) is 0.458. The van der Waals surface area contributed by atoms with E-state index in [0.717, 1.165) is 41.8 Å². The minimum absolute atomic E-state index is 0.224. The van der Waals surface area contributed by atoms with Crippen molar-refractivity contribution in [2.24, 2.45) is 5.41 Å². The largest absolute Gasteiger partial charge is 0.354 e. The van der Waals surface area contributed by atoms with Gasteiger partial charge in [-0.2, -0.15) is 4.98 Å². The Morgan fingerprint density at radius 2 is 1.94 bits per heavy atom. The molecule has 0 atom stereocenters. The predicted octanol–water partition coefficient (Wildman–Crippen LogP) is 4.27. The number of carbonyl (C=O) groups is 1. The molecule has 8 heteroatoms. The standard InChI is InChI=1S/C24H31N7O/c1-15(2)17-12-28-21(22(32)25-5)18-13-27-20(11-16(17)18)29-19-7-9-26-23(30-19)31-10-6-8-24(3,4)14-31/h7,9,11-13,15H,6,8,10,14H2,1-5H3,(H,25,32)(H,26,27,29,30). The van der Waals surface area contributed by atoms with E-state index in [1.54, 1.807) is 25.6 Å². The van der Waals surface area contributed by atoms with Gasteiger partial charge in [0.2, 0.25) is 5.95 Å². The number of carbonyl (C=O) groups excluding carboxylic acids is 1. The lowest BCUT2D eigenvalue weighted by Gasteiger charge is -2.38. The number of aromatic nitrogens is 4. The summed E-state index contributed by atoms with van der Waals surface area (Å²) in [5, 5.41) is 7.66. The molecule has 1 amide bonds. The van der Waals surface area contributed by atoms with Gasteiger partial charge in [-0.3, -0.25) is 9.78 Å². The van der Waals surface area contributed by atoms with E-state index in [1.165, 1.54) is 6.42 Å². The number of anilines is 3. The highest BCUT2D eigenvalue weighted by atomic mass is 16.1. The summed E-state index contributed by atoms with van der Waals surface area (Å²) in [6, 6.07) is 3.81. The van der Waals surface area contributed by atoms with Crippen LogP contribution in [0.1, 0.15) is 62.5 Å². The van der Waals surface area contributed by atoms with E-state index < -0.39 is 0 Å². The molecule has 2 N–H and O–H groups in total. The summed E-state index contributed by atoms with van der Waals surface area (Å²) in [7, 11) is 1.60. The Balaban J connectivity index is 1.66. The summed E-state index contributed by atoms with van der Waals surface area (Å²) in [6.45, 7) is 10.7. The van der Waals surface area contributed by atoms with Crippen LogP contribution in [0.25, 0.3) is 10.8 Å². The van der Waals surface area contributed by atoms with Gasteiger partial charge in [0.1, 0.15) is 17.3 Å². The zero-order valence-electron chi connectivity index (χ0n) is 19.4. The van der Waals surface area contributed by atoms with E-state index in [9.17, 15) is 4.79 Å². The van der Waals surface area contributed by atoms with Crippen LogP contribution in [-0.4, -0.2) is 46.0 Å². The topological polar surface area (TPSA) is 95.9 Å². The van der Waals surface area contributed by atoms with Gasteiger partial charge in [-0.15, -0.1) is 0 Å². The molecule has 0 spiro atoms. The average molecular weight is 434 g/mol. The van der Waals surface area contributed by atoms with E-state index in [4.69, 9.17) is 4.98 Å². The first-order valence-electron chi connectivity index (χ1n) is 11.1. The molecule has 32 heavy (non-hydrogen) atoms. The smallest absolute Gasteiger partial charge is 0.270 e. The van der Waals surface area contributed by atoms with Gasteiger partial charge in [-0.1, -0.05) is 27.7 Å². The highest BCUT2D eigenvalue weighted by Gasteiger charge is 2.27. The van der Waals surface area contributed by atoms with E-state index in [1.807, 2.05) is 12.1 Å². The first-order chi connectivity index (χ1) is 15.3. The Labute approximate surface area is 188 Å². The first-order valence-corrected chi connectivity index (χ1v) is 11.1. The van der Waals surface area contributed by atoms with Crippen molar-refractivity contribution in [3.05, 3.63) is 42.0 Å². The van der Waals surface area contributed by atoms with E-state index in [-0.39, 0.29) is 17.2 Å². The summed E-state index contributed by atoms with van der Waals surface area (Å²) in [5.41, 5.74) is 1.70. The molecule has 3 aromatic heterocycles. The number of hydrogen-bond donors (Lipinski definition) is 2. The van der Waals surface area contributed by atoms with Crippen LogP contribution in [0.3, 0.4) is 0 Å². The molecule has 0 aliphatic carbocycles. The lowest BCUT2D eigenvalue weighted by atomic mass is 9.84. The molecule has 1 aliphatic rings. The third kappa shape index (κ3) is 4.49. The maximum absolute atomic E-state index is 12.3. The second kappa shape index (κ2) is 8.68. The molecule has 4 rings (SSSR count). The minimum Gasteiger partial charge on any atom is -0.354 e. The molecule has 0 unspecified atom stereocenters. The monoisotopic (exact) mass is 433 g/mol. The zero-order chi connectivity index (χ0) is 22.9. The van der Waals surface area contributed by atoms with Gasteiger partial charge in [-0.05, 0) is 47.3 Å². The van der Waals surface area contributed by atoms with Crippen molar-refractivity contribution in [3.63, 3.8) is 0 Å². The average Bonchev–Trinajstić information content (AvgIpc) is 2.77. The van der Waals surface area contributed by atoms with Crippen molar-refractivity contribution < 1.29 is 4.79 Å². The van der Waals surface area contributed by atoms with Gasteiger partial charge >= 0.3 is 0 Å². The molecule has 1 fully saturated rings. The number of piperidine rings is 1. The summed E-state index contributed by atoms with van der Waals surface area (Å²) in [6.07, 6.45) is 7.62. The van der Waals surface area contributed by atoms with Gasteiger partial charge in [0.05, 0.1) is 0 Å². The Kier molecular flexibility index (Phi) is 5.95. The van der Waals surface area contributed by atoms with Crippen molar-refractivity contribution in [1.29, 1.82) is 0 Å². The number of fused-ring (bicyclic) bond motifs is 1. The molecule has 1 aliphatic heterocycles. The predicted molar refractivity (Wildman–Crippen MR) is 128 cm³/mol. The summed E-state index contributed by atoms with van der Waals surface area (Å²) in [5.74, 6) is 2.12. The quantitative estimate of drug-likeness (QED) is 0.620. The number of nitrogens with one attached hydrogen (secondary N) is 2. The third-order valence-electron chi connectivity index (χ3n) is 5.95. The first kappa shape index (κ1) is 21.9. The second-order valence-electron chi connectivity index (χ2n) is 9.47. The number of amides is 1. The Bertz CT molecular complexity index is 1140. The maximum Gasteiger partial charge on any atom is 0.270 e. The van der Waals surface area contributed by atoms with E-state index in [2.05, 4.69) is 58.2 Å². The van der Waals surface area contributed by atoms with Crippen LogP contribution in [0.2, 0.25) is 0 Å². The summed E-state index contributed by atoms with van der Waals surface area (Å²) in [4.78, 5) is 32.7. The summed E-state index contributed by atoms with van der Waals surface area (Å²) < 4.78 is 0. The lowest BCUT2D eigenvalue weighted by molar-refractivity contribution is 0.0960.